The monoisotopic (exact) mass is 473 g/mol. The van der Waals surface area contributed by atoms with Gasteiger partial charge in [0.15, 0.2) is 17.1 Å². The van der Waals surface area contributed by atoms with Crippen molar-refractivity contribution in [1.29, 1.82) is 0 Å². The van der Waals surface area contributed by atoms with Crippen molar-refractivity contribution in [1.82, 2.24) is 24.8 Å². The minimum atomic E-state index is -0.508. The maximum Gasteiger partial charge on any atom is 0.350 e. The first-order valence-electron chi connectivity index (χ1n) is 11.0. The van der Waals surface area contributed by atoms with E-state index in [1.807, 2.05) is 37.3 Å². The number of fused-ring (bicyclic) bond motifs is 2. The Morgan fingerprint density at radius 2 is 1.69 bits per heavy atom. The van der Waals surface area contributed by atoms with E-state index in [1.165, 1.54) is 10.6 Å². The molecular weight excluding hydrogens is 450 g/mol. The number of aromatic nitrogens is 3. The molecule has 10 nitrogen and oxygen atoms in total. The second-order valence-corrected chi connectivity index (χ2v) is 8.22. The van der Waals surface area contributed by atoms with E-state index in [-0.39, 0.29) is 31.7 Å². The third-order valence-corrected chi connectivity index (χ3v) is 5.63. The van der Waals surface area contributed by atoms with Crippen LogP contribution >= 0.6 is 0 Å². The van der Waals surface area contributed by atoms with E-state index >= 15 is 0 Å². The molecule has 0 fully saturated rings. The Labute approximate surface area is 200 Å². The molecular formula is C25H23N5O5. The lowest BCUT2D eigenvalue weighted by Crippen LogP contribution is -2.32. The Hall–Kier alpha value is -4.60. The molecule has 0 saturated carbocycles. The average molecular weight is 473 g/mol. The number of carbonyl (C=O) groups is 2. The number of amides is 2. The minimum absolute atomic E-state index is 0.179. The van der Waals surface area contributed by atoms with Crippen molar-refractivity contribution >= 4 is 17.5 Å². The summed E-state index contributed by atoms with van der Waals surface area (Å²) in [6.07, 6.45) is 1.43. The Morgan fingerprint density at radius 1 is 0.943 bits per heavy atom. The third-order valence-electron chi connectivity index (χ3n) is 5.63. The molecule has 0 aliphatic carbocycles. The van der Waals surface area contributed by atoms with Crippen LogP contribution in [0.2, 0.25) is 0 Å². The predicted molar refractivity (Wildman–Crippen MR) is 126 cm³/mol. The van der Waals surface area contributed by atoms with Gasteiger partial charge in [-0.3, -0.25) is 9.59 Å². The fourth-order valence-corrected chi connectivity index (χ4v) is 3.69. The maximum absolute atomic E-state index is 12.8. The second kappa shape index (κ2) is 9.34. The molecule has 10 heteroatoms. The van der Waals surface area contributed by atoms with Gasteiger partial charge in [0, 0.05) is 19.3 Å². The number of hydrogen-bond donors (Lipinski definition) is 2. The summed E-state index contributed by atoms with van der Waals surface area (Å²) in [5.41, 5.74) is 3.11. The molecule has 2 aromatic heterocycles. The van der Waals surface area contributed by atoms with E-state index < -0.39 is 5.69 Å². The highest BCUT2D eigenvalue weighted by molar-refractivity contribution is 5.94. The quantitative estimate of drug-likeness (QED) is 0.423. The number of rotatable bonds is 7. The van der Waals surface area contributed by atoms with Crippen LogP contribution in [0.1, 0.15) is 27.0 Å². The standard InChI is InChI=1S/C25H23N5O5/c1-16-2-4-17(5-3-16)11-27-24(32)19-7-9-22-28-30(25(33)29(22)13-19)14-23(31)26-12-18-6-8-20-21(10-18)35-15-34-20/h2-10,13H,11-12,14-15H2,1H3,(H,26,31)(H,27,32). The number of nitrogens with zero attached hydrogens (tertiary/aromatic N) is 3. The molecule has 0 saturated heterocycles. The molecule has 0 radical (unpaired) electrons. The summed E-state index contributed by atoms with van der Waals surface area (Å²) in [5.74, 6) is 0.615. The third kappa shape index (κ3) is 4.86. The van der Waals surface area contributed by atoms with Crippen molar-refractivity contribution in [3.05, 3.63) is 93.5 Å². The molecule has 0 spiro atoms. The van der Waals surface area contributed by atoms with Gasteiger partial charge in [-0.05, 0) is 42.3 Å². The number of aryl methyl sites for hydroxylation is 1. The average Bonchev–Trinajstić information content (AvgIpc) is 3.46. The molecule has 178 valence electrons. The van der Waals surface area contributed by atoms with Crippen LogP contribution in [0.25, 0.3) is 5.65 Å². The van der Waals surface area contributed by atoms with E-state index in [2.05, 4.69) is 15.7 Å². The fourth-order valence-electron chi connectivity index (χ4n) is 3.69. The number of ether oxygens (including phenoxy) is 2. The zero-order chi connectivity index (χ0) is 24.4. The van der Waals surface area contributed by atoms with Crippen LogP contribution in [-0.4, -0.2) is 32.8 Å². The lowest BCUT2D eigenvalue weighted by molar-refractivity contribution is -0.122. The van der Waals surface area contributed by atoms with Crippen molar-refractivity contribution in [2.45, 2.75) is 26.6 Å². The molecule has 2 aromatic carbocycles. The second-order valence-electron chi connectivity index (χ2n) is 8.22. The summed E-state index contributed by atoms with van der Waals surface area (Å²) in [6.45, 7) is 2.56. The normalized spacial score (nSPS) is 12.0. The number of hydrogen-bond acceptors (Lipinski definition) is 6. The molecule has 35 heavy (non-hydrogen) atoms. The highest BCUT2D eigenvalue weighted by Crippen LogP contribution is 2.32. The highest BCUT2D eigenvalue weighted by atomic mass is 16.7. The maximum atomic E-state index is 12.8. The summed E-state index contributed by atoms with van der Waals surface area (Å²) in [6, 6.07) is 16.4. The minimum Gasteiger partial charge on any atom is -0.454 e. The van der Waals surface area contributed by atoms with Gasteiger partial charge in [0.05, 0.1) is 5.56 Å². The van der Waals surface area contributed by atoms with Gasteiger partial charge in [-0.1, -0.05) is 35.9 Å². The number of carbonyl (C=O) groups excluding carboxylic acids is 2. The van der Waals surface area contributed by atoms with E-state index in [0.29, 0.717) is 29.3 Å². The van der Waals surface area contributed by atoms with Crippen LogP contribution < -0.4 is 25.8 Å². The van der Waals surface area contributed by atoms with Gasteiger partial charge in [-0.25, -0.2) is 13.9 Å². The lowest BCUT2D eigenvalue weighted by atomic mass is 10.1. The molecule has 2 N–H and O–H groups in total. The summed E-state index contributed by atoms with van der Waals surface area (Å²) in [7, 11) is 0. The van der Waals surface area contributed by atoms with Crippen molar-refractivity contribution in [3.8, 4) is 11.5 Å². The van der Waals surface area contributed by atoms with E-state index in [4.69, 9.17) is 9.47 Å². The highest BCUT2D eigenvalue weighted by Gasteiger charge is 2.15. The van der Waals surface area contributed by atoms with E-state index in [0.717, 1.165) is 21.4 Å². The van der Waals surface area contributed by atoms with Gasteiger partial charge in [0.1, 0.15) is 6.54 Å². The van der Waals surface area contributed by atoms with Gasteiger partial charge < -0.3 is 20.1 Å². The summed E-state index contributed by atoms with van der Waals surface area (Å²) < 4.78 is 12.9. The molecule has 0 bridgehead atoms. The SMILES string of the molecule is Cc1ccc(CNC(=O)c2ccc3nn(CC(=O)NCc4ccc5c(c4)OCO5)c(=O)n3c2)cc1. The fraction of sp³-hybridized carbons (Fsp3) is 0.200. The van der Waals surface area contributed by atoms with Crippen LogP contribution in [0.3, 0.4) is 0 Å². The van der Waals surface area contributed by atoms with Crippen LogP contribution in [0, 0.1) is 6.92 Å². The van der Waals surface area contributed by atoms with Crippen LogP contribution in [0.15, 0.2) is 65.6 Å². The van der Waals surface area contributed by atoms with Crippen molar-refractivity contribution < 1.29 is 19.1 Å². The first-order valence-corrected chi connectivity index (χ1v) is 11.0. The topological polar surface area (TPSA) is 116 Å². The molecule has 0 unspecified atom stereocenters. The molecule has 4 aromatic rings. The Balaban J connectivity index is 1.22. The number of benzene rings is 2. The van der Waals surface area contributed by atoms with Gasteiger partial charge in [0.25, 0.3) is 5.91 Å². The number of nitrogens with one attached hydrogen (secondary N) is 2. The van der Waals surface area contributed by atoms with Crippen LogP contribution in [0.4, 0.5) is 0 Å². The molecule has 3 heterocycles. The summed E-state index contributed by atoms with van der Waals surface area (Å²) in [4.78, 5) is 37.8. The van der Waals surface area contributed by atoms with Crippen molar-refractivity contribution in [2.75, 3.05) is 6.79 Å². The largest absolute Gasteiger partial charge is 0.454 e. The number of pyridine rings is 1. The van der Waals surface area contributed by atoms with Crippen LogP contribution in [0.5, 0.6) is 11.5 Å². The molecule has 1 aliphatic heterocycles. The van der Waals surface area contributed by atoms with Gasteiger partial charge in [-0.15, -0.1) is 5.10 Å². The molecule has 1 aliphatic rings. The molecule has 0 atom stereocenters. The zero-order valence-electron chi connectivity index (χ0n) is 19.0. The van der Waals surface area contributed by atoms with Crippen molar-refractivity contribution in [3.63, 3.8) is 0 Å². The Kier molecular flexibility index (Phi) is 5.92. The van der Waals surface area contributed by atoms with Gasteiger partial charge in [0.2, 0.25) is 12.7 Å². The van der Waals surface area contributed by atoms with Gasteiger partial charge >= 0.3 is 5.69 Å². The Morgan fingerprint density at radius 3 is 2.51 bits per heavy atom. The smallest absolute Gasteiger partial charge is 0.350 e. The van der Waals surface area contributed by atoms with Crippen LogP contribution in [-0.2, 0) is 24.4 Å². The first-order chi connectivity index (χ1) is 17.0. The first kappa shape index (κ1) is 22.2. The van der Waals surface area contributed by atoms with Crippen molar-refractivity contribution in [2.24, 2.45) is 0 Å². The van der Waals surface area contributed by atoms with E-state index in [1.54, 1.807) is 24.3 Å². The van der Waals surface area contributed by atoms with E-state index in [9.17, 15) is 14.4 Å². The summed E-state index contributed by atoms with van der Waals surface area (Å²) in [5, 5.41) is 9.81. The molecule has 2 amide bonds. The molecule has 5 rings (SSSR count). The lowest BCUT2D eigenvalue weighted by Gasteiger charge is -2.06. The zero-order valence-corrected chi connectivity index (χ0v) is 19.0. The Bertz CT molecular complexity index is 1470. The van der Waals surface area contributed by atoms with Gasteiger partial charge in [-0.2, -0.15) is 0 Å². The summed E-state index contributed by atoms with van der Waals surface area (Å²) >= 11 is 0. The predicted octanol–water partition coefficient (Wildman–Crippen LogP) is 1.78.